The molecule has 0 aliphatic rings. The van der Waals surface area contributed by atoms with Gasteiger partial charge in [-0.15, -0.1) is 0 Å². The topological polar surface area (TPSA) is 72.6 Å². The van der Waals surface area contributed by atoms with E-state index in [2.05, 4.69) is 10.4 Å². The van der Waals surface area contributed by atoms with Crippen molar-refractivity contribution in [3.05, 3.63) is 0 Å². The molecule has 0 atom stereocenters. The van der Waals surface area contributed by atoms with Crippen LogP contribution in [0.4, 0.5) is 4.79 Å². The molecule has 0 fully saturated rings. The van der Waals surface area contributed by atoms with Crippen molar-refractivity contribution in [3.8, 4) is 0 Å². The number of carbonyl (C=O) groups excluding carboxylic acids is 1. The van der Waals surface area contributed by atoms with Gasteiger partial charge in [0.1, 0.15) is 0 Å². The van der Waals surface area contributed by atoms with E-state index in [-0.39, 0.29) is 7.69 Å². The van der Waals surface area contributed by atoms with Crippen molar-refractivity contribution in [2.45, 2.75) is 0 Å². The monoisotopic (exact) mass is 88.0 g/mol. The maximum atomic E-state index is 9.41. The molecule has 0 aromatic heterocycles. The molecule has 0 aliphatic heterocycles. The summed E-state index contributed by atoms with van der Waals surface area (Å²) in [6.45, 7) is 0. The van der Waals surface area contributed by atoms with Crippen molar-refractivity contribution in [2.75, 3.05) is 0 Å². The first-order valence-corrected chi connectivity index (χ1v) is 1.19. The Morgan fingerprint density at radius 1 is 2.00 bits per heavy atom. The van der Waals surface area contributed by atoms with E-state index in [0.29, 0.717) is 0 Å². The van der Waals surface area contributed by atoms with Gasteiger partial charge in [-0.05, 0) is 0 Å². The summed E-state index contributed by atoms with van der Waals surface area (Å²) in [6, 6.07) is 0. The Kier molecular flexibility index (Phi) is 2.23. The minimum absolute atomic E-state index is 0.225. The summed E-state index contributed by atoms with van der Waals surface area (Å²) < 4.78 is 3.61. The molecular formula is CH3BNO3. The Morgan fingerprint density at radius 2 is 2.50 bits per heavy atom. The molecule has 0 rings (SSSR count). The highest BCUT2D eigenvalue weighted by Gasteiger charge is 1.89. The number of hydrogen-bond acceptors (Lipinski definition) is 3. The van der Waals surface area contributed by atoms with Crippen LogP contribution in [-0.4, -0.2) is 18.8 Å². The highest BCUT2D eigenvalue weighted by atomic mass is 16.6. The Bertz CT molecular complexity index is 54.8. The fourth-order valence-corrected chi connectivity index (χ4v) is 0.0519. The lowest BCUT2D eigenvalue weighted by Crippen LogP contribution is -2.15. The lowest BCUT2D eigenvalue weighted by molar-refractivity contribution is 0.206. The van der Waals surface area contributed by atoms with Crippen molar-refractivity contribution in [1.82, 2.24) is 0 Å². The Morgan fingerprint density at radius 3 is 2.50 bits per heavy atom. The van der Waals surface area contributed by atoms with Crippen LogP contribution in [0, 0.1) is 0 Å². The van der Waals surface area contributed by atoms with Gasteiger partial charge < -0.3 is 15.4 Å². The van der Waals surface area contributed by atoms with Crippen LogP contribution < -0.4 is 5.73 Å². The van der Waals surface area contributed by atoms with E-state index >= 15 is 0 Å². The van der Waals surface area contributed by atoms with E-state index in [4.69, 9.17) is 5.02 Å². The molecule has 0 aromatic carbocycles. The standard InChI is InChI=1S/CH3BNO3/c3-1(4)6-2-5/h5H,(H2,3,4). The summed E-state index contributed by atoms with van der Waals surface area (Å²) in [5.74, 6) is 0. The summed E-state index contributed by atoms with van der Waals surface area (Å²) in [4.78, 5) is 9.41. The van der Waals surface area contributed by atoms with Crippen molar-refractivity contribution in [3.63, 3.8) is 0 Å². The molecule has 0 aliphatic carbocycles. The average Bonchev–Trinajstić information content (AvgIpc) is 1.35. The normalized spacial score (nSPS) is 6.83. The number of nitrogens with two attached hydrogens (primary N) is 1. The predicted octanol–water partition coefficient (Wildman–Crippen LogP) is -1.39. The van der Waals surface area contributed by atoms with Crippen molar-refractivity contribution < 1.29 is 14.5 Å². The molecule has 1 amide bonds. The summed E-state index contributed by atoms with van der Waals surface area (Å²) in [6.07, 6.45) is -1.02. The lowest BCUT2D eigenvalue weighted by atomic mass is 10.4. The zero-order valence-electron chi connectivity index (χ0n) is 2.92. The van der Waals surface area contributed by atoms with E-state index in [1.807, 2.05) is 0 Å². The van der Waals surface area contributed by atoms with Crippen LogP contribution in [-0.2, 0) is 4.65 Å². The third kappa shape index (κ3) is 3.29. The number of primary amides is 1. The number of carbonyl (C=O) groups is 1. The lowest BCUT2D eigenvalue weighted by Gasteiger charge is -1.85. The molecule has 0 spiro atoms. The van der Waals surface area contributed by atoms with Gasteiger partial charge in [0.2, 0.25) is 0 Å². The van der Waals surface area contributed by atoms with Gasteiger partial charge in [-0.25, -0.2) is 4.79 Å². The van der Waals surface area contributed by atoms with E-state index in [0.717, 1.165) is 0 Å². The quantitative estimate of drug-likeness (QED) is 0.387. The zero-order chi connectivity index (χ0) is 4.99. The van der Waals surface area contributed by atoms with Gasteiger partial charge in [-0.2, -0.15) is 0 Å². The van der Waals surface area contributed by atoms with E-state index < -0.39 is 6.09 Å². The Balaban J connectivity index is 2.83. The van der Waals surface area contributed by atoms with Crippen molar-refractivity contribution in [2.24, 2.45) is 5.73 Å². The second-order valence-corrected chi connectivity index (χ2v) is 0.542. The van der Waals surface area contributed by atoms with Crippen LogP contribution in [0.25, 0.3) is 0 Å². The number of amides is 1. The van der Waals surface area contributed by atoms with Crippen molar-refractivity contribution >= 4 is 13.8 Å². The Labute approximate surface area is 35.2 Å². The average molecular weight is 87.9 g/mol. The molecule has 5 heteroatoms. The number of rotatable bonds is 1. The van der Waals surface area contributed by atoms with E-state index in [1.54, 1.807) is 0 Å². The van der Waals surface area contributed by atoms with Gasteiger partial charge in [-0.3, -0.25) is 0 Å². The molecule has 1 radical (unpaired) electrons. The largest absolute Gasteiger partial charge is 0.572 e. The summed E-state index contributed by atoms with van der Waals surface area (Å²) in [7, 11) is 0.225. The third-order valence-electron chi connectivity index (χ3n) is 0.169. The SMILES string of the molecule is NC(=O)O[B]O. The molecule has 0 saturated carbocycles. The Hall–Kier alpha value is -0.705. The molecule has 0 unspecified atom stereocenters. The van der Waals surface area contributed by atoms with Crippen LogP contribution in [0.2, 0.25) is 0 Å². The molecule has 0 bridgehead atoms. The number of hydrogen-bond donors (Lipinski definition) is 2. The molecular weight excluding hydrogens is 84.8 g/mol. The minimum Gasteiger partial charge on any atom is -0.494 e. The van der Waals surface area contributed by atoms with Gasteiger partial charge in [0, 0.05) is 0 Å². The molecule has 0 saturated heterocycles. The molecule has 3 N–H and O–H groups in total. The molecule has 4 nitrogen and oxygen atoms in total. The zero-order valence-corrected chi connectivity index (χ0v) is 2.92. The van der Waals surface area contributed by atoms with Gasteiger partial charge in [0.25, 0.3) is 0 Å². The maximum Gasteiger partial charge on any atom is 0.572 e. The fourth-order valence-electron chi connectivity index (χ4n) is 0.0519. The summed E-state index contributed by atoms with van der Waals surface area (Å²) in [5.41, 5.74) is 4.35. The van der Waals surface area contributed by atoms with Crippen LogP contribution >= 0.6 is 0 Å². The second-order valence-electron chi connectivity index (χ2n) is 0.542. The first kappa shape index (κ1) is 5.29. The highest BCUT2D eigenvalue weighted by Crippen LogP contribution is 1.59. The first-order chi connectivity index (χ1) is 2.77. The van der Waals surface area contributed by atoms with Crippen LogP contribution in [0.1, 0.15) is 0 Å². The van der Waals surface area contributed by atoms with Crippen LogP contribution in [0.15, 0.2) is 0 Å². The van der Waals surface area contributed by atoms with E-state index in [9.17, 15) is 4.79 Å². The summed E-state index contributed by atoms with van der Waals surface area (Å²) >= 11 is 0. The molecule has 33 valence electrons. The first-order valence-electron chi connectivity index (χ1n) is 1.19. The smallest absolute Gasteiger partial charge is 0.494 e. The van der Waals surface area contributed by atoms with Gasteiger partial charge in [0.15, 0.2) is 0 Å². The maximum absolute atomic E-state index is 9.41. The van der Waals surface area contributed by atoms with Gasteiger partial charge >= 0.3 is 13.8 Å². The minimum atomic E-state index is -1.02. The van der Waals surface area contributed by atoms with Gasteiger partial charge in [-0.1, -0.05) is 0 Å². The molecule has 0 heterocycles. The van der Waals surface area contributed by atoms with Crippen molar-refractivity contribution in [1.29, 1.82) is 0 Å². The van der Waals surface area contributed by atoms with Crippen LogP contribution in [0.3, 0.4) is 0 Å². The predicted molar refractivity (Wildman–Crippen MR) is 18.6 cm³/mol. The third-order valence-corrected chi connectivity index (χ3v) is 0.169. The van der Waals surface area contributed by atoms with Gasteiger partial charge in [0.05, 0.1) is 0 Å². The highest BCUT2D eigenvalue weighted by molar-refractivity contribution is 6.20. The molecule has 0 aromatic rings. The van der Waals surface area contributed by atoms with Crippen LogP contribution in [0.5, 0.6) is 0 Å². The summed E-state index contributed by atoms with van der Waals surface area (Å²) in [5, 5.41) is 7.59. The fraction of sp³-hybridized carbons (Fsp3) is 0. The second kappa shape index (κ2) is 2.53. The molecule has 6 heavy (non-hydrogen) atoms. The van der Waals surface area contributed by atoms with E-state index in [1.165, 1.54) is 0 Å².